The van der Waals surface area contributed by atoms with Crippen LogP contribution in [0.15, 0.2) is 48.8 Å². The molecule has 0 fully saturated rings. The SMILES string of the molecule is CC(C)C(c1cccnc1)N(C)S(=O)(=O)Cc1cccc(C#N)c1. The molecule has 6 heteroatoms. The third-order valence-electron chi connectivity index (χ3n) is 3.89. The summed E-state index contributed by atoms with van der Waals surface area (Å²) in [7, 11) is -1.94. The largest absolute Gasteiger partial charge is 0.264 e. The topological polar surface area (TPSA) is 74.1 Å². The summed E-state index contributed by atoms with van der Waals surface area (Å²) in [5, 5.41) is 8.96. The number of rotatable bonds is 6. The number of nitriles is 1. The molecule has 0 aliphatic rings. The van der Waals surface area contributed by atoms with E-state index in [1.54, 1.807) is 43.7 Å². The van der Waals surface area contributed by atoms with Crippen LogP contribution in [-0.2, 0) is 15.8 Å². The van der Waals surface area contributed by atoms with Crippen molar-refractivity contribution in [3.05, 3.63) is 65.5 Å². The Hall–Kier alpha value is -2.23. The highest BCUT2D eigenvalue weighted by Gasteiger charge is 2.30. The molecule has 1 aromatic heterocycles. The quantitative estimate of drug-likeness (QED) is 0.808. The van der Waals surface area contributed by atoms with Crippen LogP contribution in [0, 0.1) is 17.2 Å². The first-order valence-electron chi connectivity index (χ1n) is 7.70. The van der Waals surface area contributed by atoms with E-state index in [2.05, 4.69) is 4.98 Å². The van der Waals surface area contributed by atoms with Crippen LogP contribution < -0.4 is 0 Å². The summed E-state index contributed by atoms with van der Waals surface area (Å²) in [5.41, 5.74) is 1.93. The standard InChI is InChI=1S/C18H21N3O2S/c1-14(2)18(17-8-5-9-20-12-17)21(3)24(22,23)13-16-7-4-6-15(10-16)11-19/h4-10,12,14,18H,13H2,1-3H3. The number of nitrogens with zero attached hydrogens (tertiary/aromatic N) is 3. The monoisotopic (exact) mass is 343 g/mol. The average Bonchev–Trinajstić information content (AvgIpc) is 2.55. The lowest BCUT2D eigenvalue weighted by Crippen LogP contribution is -2.35. The van der Waals surface area contributed by atoms with Crippen molar-refractivity contribution in [3.63, 3.8) is 0 Å². The number of hydrogen-bond acceptors (Lipinski definition) is 4. The molecule has 0 bridgehead atoms. The summed E-state index contributed by atoms with van der Waals surface area (Å²) in [5.74, 6) is -0.0397. The van der Waals surface area contributed by atoms with Crippen molar-refractivity contribution in [3.8, 4) is 6.07 Å². The van der Waals surface area contributed by atoms with E-state index in [0.29, 0.717) is 11.1 Å². The van der Waals surface area contributed by atoms with Crippen LogP contribution in [0.25, 0.3) is 0 Å². The predicted molar refractivity (Wildman–Crippen MR) is 93.4 cm³/mol. The molecule has 5 nitrogen and oxygen atoms in total. The second-order valence-corrected chi connectivity index (χ2v) is 8.09. The van der Waals surface area contributed by atoms with Crippen molar-refractivity contribution in [2.45, 2.75) is 25.6 Å². The molecule has 1 atom stereocenters. The molecular weight excluding hydrogens is 322 g/mol. The van der Waals surface area contributed by atoms with Gasteiger partial charge in [-0.2, -0.15) is 9.57 Å². The van der Waals surface area contributed by atoms with E-state index in [-0.39, 0.29) is 17.7 Å². The van der Waals surface area contributed by atoms with Crippen LogP contribution in [0.2, 0.25) is 0 Å². The van der Waals surface area contributed by atoms with Crippen LogP contribution >= 0.6 is 0 Å². The van der Waals surface area contributed by atoms with Gasteiger partial charge < -0.3 is 0 Å². The lowest BCUT2D eigenvalue weighted by molar-refractivity contribution is 0.299. The van der Waals surface area contributed by atoms with Crippen molar-refractivity contribution in [2.24, 2.45) is 5.92 Å². The zero-order chi connectivity index (χ0) is 17.7. The molecule has 2 aromatic rings. The normalized spacial score (nSPS) is 13.0. The number of sulfonamides is 1. The smallest absolute Gasteiger partial charge is 0.218 e. The first kappa shape index (κ1) is 18.1. The van der Waals surface area contributed by atoms with E-state index in [1.807, 2.05) is 32.0 Å². The maximum Gasteiger partial charge on any atom is 0.218 e. The Morgan fingerprint density at radius 3 is 2.58 bits per heavy atom. The van der Waals surface area contributed by atoms with Crippen molar-refractivity contribution < 1.29 is 8.42 Å². The maximum absolute atomic E-state index is 12.8. The summed E-state index contributed by atoms with van der Waals surface area (Å²) in [4.78, 5) is 4.10. The third kappa shape index (κ3) is 4.19. The molecule has 1 aromatic carbocycles. The second kappa shape index (κ2) is 7.56. The van der Waals surface area contributed by atoms with Crippen LogP contribution in [0.5, 0.6) is 0 Å². The molecule has 0 saturated carbocycles. The minimum Gasteiger partial charge on any atom is -0.264 e. The van der Waals surface area contributed by atoms with Gasteiger partial charge in [0, 0.05) is 19.4 Å². The first-order chi connectivity index (χ1) is 11.3. The Morgan fingerprint density at radius 2 is 2.00 bits per heavy atom. The Balaban J connectivity index is 2.31. The Kier molecular flexibility index (Phi) is 5.71. The van der Waals surface area contributed by atoms with Crippen LogP contribution in [0.3, 0.4) is 0 Å². The zero-order valence-corrected chi connectivity index (χ0v) is 14.9. The molecule has 1 unspecified atom stereocenters. The lowest BCUT2D eigenvalue weighted by atomic mass is 9.98. The Bertz CT molecular complexity index is 827. The number of benzene rings is 1. The summed E-state index contributed by atoms with van der Waals surface area (Å²) in [6, 6.07) is 12.1. The zero-order valence-electron chi connectivity index (χ0n) is 14.0. The summed E-state index contributed by atoms with van der Waals surface area (Å²) < 4.78 is 27.1. The predicted octanol–water partition coefficient (Wildman–Crippen LogP) is 3.11. The van der Waals surface area contributed by atoms with Crippen molar-refractivity contribution >= 4 is 10.0 Å². The number of pyridine rings is 1. The fourth-order valence-corrected chi connectivity index (χ4v) is 4.30. The van der Waals surface area contributed by atoms with Crippen molar-refractivity contribution in [1.82, 2.24) is 9.29 Å². The third-order valence-corrected chi connectivity index (χ3v) is 5.70. The van der Waals surface area contributed by atoms with Crippen molar-refractivity contribution in [2.75, 3.05) is 7.05 Å². The molecule has 24 heavy (non-hydrogen) atoms. The van der Waals surface area contributed by atoms with Crippen molar-refractivity contribution in [1.29, 1.82) is 5.26 Å². The molecule has 0 spiro atoms. The van der Waals surface area contributed by atoms with Crippen LogP contribution in [0.1, 0.15) is 36.6 Å². The molecule has 0 aliphatic heterocycles. The fourth-order valence-electron chi connectivity index (χ4n) is 2.78. The highest BCUT2D eigenvalue weighted by molar-refractivity contribution is 7.88. The van der Waals surface area contributed by atoms with Crippen LogP contribution in [-0.4, -0.2) is 24.8 Å². The van der Waals surface area contributed by atoms with Gasteiger partial charge in [0.25, 0.3) is 0 Å². The average molecular weight is 343 g/mol. The minimum absolute atomic E-state index is 0.0967. The maximum atomic E-state index is 12.8. The van der Waals surface area contributed by atoms with Gasteiger partial charge in [0.1, 0.15) is 0 Å². The van der Waals surface area contributed by atoms with Crippen LogP contribution in [0.4, 0.5) is 0 Å². The van der Waals surface area contributed by atoms with E-state index in [4.69, 9.17) is 5.26 Å². The van der Waals surface area contributed by atoms with Gasteiger partial charge in [0.2, 0.25) is 10.0 Å². The minimum atomic E-state index is -3.53. The molecule has 0 radical (unpaired) electrons. The van der Waals surface area contributed by atoms with Gasteiger partial charge in [-0.3, -0.25) is 4.98 Å². The molecule has 2 rings (SSSR count). The van der Waals surface area contributed by atoms with E-state index in [0.717, 1.165) is 5.56 Å². The van der Waals surface area contributed by atoms with Gasteiger partial charge in [-0.1, -0.05) is 32.0 Å². The van der Waals surface area contributed by atoms with Gasteiger partial charge >= 0.3 is 0 Å². The molecule has 1 heterocycles. The Labute approximate surface area is 143 Å². The highest BCUT2D eigenvalue weighted by Crippen LogP contribution is 2.30. The first-order valence-corrected chi connectivity index (χ1v) is 9.30. The van der Waals surface area contributed by atoms with Gasteiger partial charge in [0.15, 0.2) is 0 Å². The summed E-state index contributed by atoms with van der Waals surface area (Å²) in [6.45, 7) is 3.97. The van der Waals surface area contributed by atoms with Gasteiger partial charge in [-0.05, 0) is 35.2 Å². The number of hydrogen-bond donors (Lipinski definition) is 0. The van der Waals surface area contributed by atoms with E-state index >= 15 is 0 Å². The molecular formula is C18H21N3O2S. The molecule has 0 N–H and O–H groups in total. The molecule has 126 valence electrons. The summed E-state index contributed by atoms with van der Waals surface area (Å²) in [6.07, 6.45) is 3.37. The fraction of sp³-hybridized carbons (Fsp3) is 0.333. The van der Waals surface area contributed by atoms with Gasteiger partial charge in [0.05, 0.1) is 23.4 Å². The van der Waals surface area contributed by atoms with E-state index in [1.165, 1.54) is 4.31 Å². The second-order valence-electron chi connectivity index (χ2n) is 6.06. The molecule has 0 aliphatic carbocycles. The Morgan fingerprint density at radius 1 is 1.25 bits per heavy atom. The number of aromatic nitrogens is 1. The van der Waals surface area contributed by atoms with Gasteiger partial charge in [-0.25, -0.2) is 8.42 Å². The highest BCUT2D eigenvalue weighted by atomic mass is 32.2. The molecule has 0 saturated heterocycles. The summed E-state index contributed by atoms with van der Waals surface area (Å²) >= 11 is 0. The van der Waals surface area contributed by atoms with E-state index < -0.39 is 10.0 Å². The molecule has 0 amide bonds. The van der Waals surface area contributed by atoms with Gasteiger partial charge in [-0.15, -0.1) is 0 Å². The van der Waals surface area contributed by atoms with E-state index in [9.17, 15) is 8.42 Å². The lowest BCUT2D eigenvalue weighted by Gasteiger charge is -2.30.